The van der Waals surface area contributed by atoms with Crippen LogP contribution in [0.15, 0.2) is 0 Å². The fourth-order valence-corrected chi connectivity index (χ4v) is 3.50. The van der Waals surface area contributed by atoms with E-state index in [0.29, 0.717) is 78.4 Å². The highest BCUT2D eigenvalue weighted by Gasteiger charge is 2.20. The molecular formula is C27H52N4O7. The van der Waals surface area contributed by atoms with Crippen molar-refractivity contribution in [1.29, 1.82) is 0 Å². The first kappa shape index (κ1) is 35.8. The maximum atomic E-state index is 12.7. The van der Waals surface area contributed by atoms with E-state index in [4.69, 9.17) is 14.2 Å². The van der Waals surface area contributed by atoms with E-state index < -0.39 is 6.04 Å². The zero-order valence-corrected chi connectivity index (χ0v) is 23.9. The molecule has 0 aliphatic carbocycles. The van der Waals surface area contributed by atoms with Gasteiger partial charge in [-0.15, -0.1) is 0 Å². The molecule has 4 amide bonds. The highest BCUT2D eigenvalue weighted by atomic mass is 16.5. The Hall–Kier alpha value is -2.24. The Kier molecular flexibility index (Phi) is 24.8. The molecule has 0 rings (SSSR count). The van der Waals surface area contributed by atoms with E-state index in [9.17, 15) is 19.2 Å². The Morgan fingerprint density at radius 2 is 1.29 bits per heavy atom. The van der Waals surface area contributed by atoms with Gasteiger partial charge >= 0.3 is 0 Å². The molecule has 0 aromatic heterocycles. The van der Waals surface area contributed by atoms with Crippen molar-refractivity contribution in [2.75, 3.05) is 59.8 Å². The SMILES string of the molecule is CCCCCC(=O)N[C@@H](CCCCCNC(=O)CCOCCOC)C(=O)NCCOCCNC(=O)CCC. The molecule has 0 aromatic carbocycles. The minimum absolute atomic E-state index is 0.00706. The Labute approximate surface area is 228 Å². The van der Waals surface area contributed by atoms with Crippen LogP contribution in [0.3, 0.4) is 0 Å². The number of unbranched alkanes of at least 4 members (excludes halogenated alkanes) is 4. The molecule has 38 heavy (non-hydrogen) atoms. The van der Waals surface area contributed by atoms with Gasteiger partial charge in [-0.3, -0.25) is 19.2 Å². The fraction of sp³-hybridized carbons (Fsp3) is 0.852. The number of hydrogen-bond acceptors (Lipinski definition) is 7. The van der Waals surface area contributed by atoms with Crippen LogP contribution in [0, 0.1) is 0 Å². The van der Waals surface area contributed by atoms with Gasteiger partial charge in [-0.25, -0.2) is 0 Å². The van der Waals surface area contributed by atoms with E-state index >= 15 is 0 Å². The van der Waals surface area contributed by atoms with E-state index in [1.807, 2.05) is 6.92 Å². The van der Waals surface area contributed by atoms with E-state index in [0.717, 1.165) is 44.9 Å². The van der Waals surface area contributed by atoms with Crippen molar-refractivity contribution in [1.82, 2.24) is 21.3 Å². The number of carbonyl (C=O) groups excluding carboxylic acids is 4. The minimum atomic E-state index is -0.601. The van der Waals surface area contributed by atoms with Crippen LogP contribution in [-0.2, 0) is 33.4 Å². The van der Waals surface area contributed by atoms with E-state index in [2.05, 4.69) is 28.2 Å². The quantitative estimate of drug-likeness (QED) is 0.122. The molecule has 0 unspecified atom stereocenters. The summed E-state index contributed by atoms with van der Waals surface area (Å²) in [5.74, 6) is -0.384. The van der Waals surface area contributed by atoms with Crippen molar-refractivity contribution in [3.63, 3.8) is 0 Å². The third kappa shape index (κ3) is 22.9. The average Bonchev–Trinajstić information content (AvgIpc) is 2.89. The normalized spacial score (nSPS) is 11.6. The van der Waals surface area contributed by atoms with Gasteiger partial charge in [0.05, 0.1) is 33.0 Å². The molecule has 0 aliphatic heterocycles. The second kappa shape index (κ2) is 26.4. The summed E-state index contributed by atoms with van der Waals surface area (Å²) in [6, 6.07) is -0.601. The van der Waals surface area contributed by atoms with Gasteiger partial charge in [0.1, 0.15) is 6.04 Å². The van der Waals surface area contributed by atoms with Gasteiger partial charge in [-0.05, 0) is 25.7 Å². The predicted molar refractivity (Wildman–Crippen MR) is 147 cm³/mol. The number of hydrogen-bond donors (Lipinski definition) is 4. The van der Waals surface area contributed by atoms with Crippen LogP contribution in [-0.4, -0.2) is 89.4 Å². The third-order valence-electron chi connectivity index (χ3n) is 5.65. The third-order valence-corrected chi connectivity index (χ3v) is 5.65. The Bertz CT molecular complexity index is 635. The molecule has 0 saturated heterocycles. The molecule has 0 saturated carbocycles. The number of ether oxygens (including phenoxy) is 3. The summed E-state index contributed by atoms with van der Waals surface area (Å²) < 4.78 is 15.6. The van der Waals surface area contributed by atoms with E-state index in [1.54, 1.807) is 7.11 Å². The first-order valence-corrected chi connectivity index (χ1v) is 14.2. The Morgan fingerprint density at radius 1 is 0.605 bits per heavy atom. The number of nitrogens with one attached hydrogen (secondary N) is 4. The monoisotopic (exact) mass is 544 g/mol. The summed E-state index contributed by atoms with van der Waals surface area (Å²) in [6.07, 6.45) is 7.72. The van der Waals surface area contributed by atoms with Gasteiger partial charge in [0.2, 0.25) is 23.6 Å². The van der Waals surface area contributed by atoms with E-state index in [1.165, 1.54) is 0 Å². The zero-order valence-electron chi connectivity index (χ0n) is 23.9. The standard InChI is InChI=1S/C27H52N4O7/c1-4-6-8-13-26(34)31-23(27(35)30-17-20-38-19-16-29-24(32)11-5-2)12-9-7-10-15-28-25(33)14-18-37-22-21-36-3/h23H,4-22H2,1-3H3,(H,28,33)(H,29,32)(H,30,35)(H,31,34)/t23-/m0/s1. The molecule has 0 aromatic rings. The molecule has 0 spiro atoms. The van der Waals surface area contributed by atoms with E-state index in [-0.39, 0.29) is 23.6 Å². The van der Waals surface area contributed by atoms with Crippen molar-refractivity contribution < 1.29 is 33.4 Å². The molecule has 0 aliphatic rings. The maximum absolute atomic E-state index is 12.7. The summed E-state index contributed by atoms with van der Waals surface area (Å²) in [7, 11) is 1.60. The lowest BCUT2D eigenvalue weighted by atomic mass is 10.1. The van der Waals surface area contributed by atoms with Crippen molar-refractivity contribution in [3.05, 3.63) is 0 Å². The second-order valence-electron chi connectivity index (χ2n) is 9.14. The van der Waals surface area contributed by atoms with Gasteiger partial charge in [-0.2, -0.15) is 0 Å². The average molecular weight is 545 g/mol. The molecule has 0 heterocycles. The first-order valence-electron chi connectivity index (χ1n) is 14.2. The van der Waals surface area contributed by atoms with Crippen LogP contribution in [0.2, 0.25) is 0 Å². The van der Waals surface area contributed by atoms with Crippen LogP contribution in [0.1, 0.15) is 84.5 Å². The van der Waals surface area contributed by atoms with Crippen molar-refractivity contribution in [2.24, 2.45) is 0 Å². The lowest BCUT2D eigenvalue weighted by Crippen LogP contribution is -2.47. The van der Waals surface area contributed by atoms with Crippen molar-refractivity contribution >= 4 is 23.6 Å². The van der Waals surface area contributed by atoms with Crippen molar-refractivity contribution in [2.45, 2.75) is 90.5 Å². The number of rotatable bonds is 26. The fourth-order valence-electron chi connectivity index (χ4n) is 3.50. The smallest absolute Gasteiger partial charge is 0.242 e. The molecule has 11 heteroatoms. The maximum Gasteiger partial charge on any atom is 0.242 e. The molecule has 222 valence electrons. The van der Waals surface area contributed by atoms with Crippen LogP contribution >= 0.6 is 0 Å². The lowest BCUT2D eigenvalue weighted by molar-refractivity contribution is -0.129. The van der Waals surface area contributed by atoms with Gasteiger partial charge in [0.25, 0.3) is 0 Å². The second-order valence-corrected chi connectivity index (χ2v) is 9.14. The lowest BCUT2D eigenvalue weighted by Gasteiger charge is -2.19. The van der Waals surface area contributed by atoms with Crippen LogP contribution in [0.4, 0.5) is 0 Å². The predicted octanol–water partition coefficient (Wildman–Crippen LogP) is 1.83. The molecule has 4 N–H and O–H groups in total. The summed E-state index contributed by atoms with van der Waals surface area (Å²) in [5.41, 5.74) is 0. The summed E-state index contributed by atoms with van der Waals surface area (Å²) in [5, 5.41) is 11.3. The highest BCUT2D eigenvalue weighted by Crippen LogP contribution is 2.06. The van der Waals surface area contributed by atoms with Crippen LogP contribution < -0.4 is 21.3 Å². The van der Waals surface area contributed by atoms with Crippen molar-refractivity contribution in [3.8, 4) is 0 Å². The Balaban J connectivity index is 4.24. The van der Waals surface area contributed by atoms with Gasteiger partial charge < -0.3 is 35.5 Å². The number of methoxy groups -OCH3 is 1. The molecule has 0 fully saturated rings. The molecule has 0 radical (unpaired) electrons. The minimum Gasteiger partial charge on any atom is -0.382 e. The number of amides is 4. The van der Waals surface area contributed by atoms with Gasteiger partial charge in [-0.1, -0.05) is 39.5 Å². The molecule has 11 nitrogen and oxygen atoms in total. The van der Waals surface area contributed by atoms with Crippen LogP contribution in [0.5, 0.6) is 0 Å². The topological polar surface area (TPSA) is 144 Å². The highest BCUT2D eigenvalue weighted by molar-refractivity contribution is 5.87. The van der Waals surface area contributed by atoms with Gasteiger partial charge in [0.15, 0.2) is 0 Å². The number of carbonyl (C=O) groups is 4. The summed E-state index contributed by atoms with van der Waals surface area (Å²) in [6.45, 7) is 7.39. The zero-order chi connectivity index (χ0) is 28.3. The summed E-state index contributed by atoms with van der Waals surface area (Å²) in [4.78, 5) is 48.3. The van der Waals surface area contributed by atoms with Gasteiger partial charge in [0, 0.05) is 46.0 Å². The largest absolute Gasteiger partial charge is 0.382 e. The first-order chi connectivity index (χ1) is 18.4. The van der Waals surface area contributed by atoms with Crippen LogP contribution in [0.25, 0.3) is 0 Å². The summed E-state index contributed by atoms with van der Waals surface area (Å²) >= 11 is 0. The molecule has 1 atom stereocenters. The molecular weight excluding hydrogens is 492 g/mol. The molecule has 0 bridgehead atoms. The Morgan fingerprint density at radius 3 is 2.00 bits per heavy atom.